The molecular formula is C19H21FN6O2. The Kier molecular flexibility index (Phi) is 4.91. The van der Waals surface area contributed by atoms with Gasteiger partial charge < -0.3 is 15.2 Å². The number of hydrogen-bond donors (Lipinski definition) is 2. The minimum Gasteiger partial charge on any atom is -0.344 e. The van der Waals surface area contributed by atoms with Crippen LogP contribution in [-0.2, 0) is 11.8 Å². The zero-order valence-corrected chi connectivity index (χ0v) is 15.6. The van der Waals surface area contributed by atoms with Crippen LogP contribution < -0.4 is 10.6 Å². The van der Waals surface area contributed by atoms with Crippen molar-refractivity contribution in [2.75, 3.05) is 13.1 Å². The molecule has 3 heterocycles. The fourth-order valence-electron chi connectivity index (χ4n) is 3.47. The molecule has 1 fully saturated rings. The Bertz CT molecular complexity index is 984. The van der Waals surface area contributed by atoms with E-state index in [0.29, 0.717) is 12.1 Å². The molecule has 0 radical (unpaired) electrons. The van der Waals surface area contributed by atoms with Gasteiger partial charge in [0.15, 0.2) is 0 Å². The molecular weight excluding hydrogens is 363 g/mol. The molecule has 1 aromatic carbocycles. The lowest BCUT2D eigenvalue weighted by atomic mass is 9.90. The number of nitrogens with one attached hydrogen (secondary N) is 2. The van der Waals surface area contributed by atoms with Crippen molar-refractivity contribution in [3.63, 3.8) is 0 Å². The third-order valence-electron chi connectivity index (χ3n) is 4.96. The summed E-state index contributed by atoms with van der Waals surface area (Å²) in [6.07, 6.45) is 3.73. The third-order valence-corrected chi connectivity index (χ3v) is 4.96. The highest BCUT2D eigenvalue weighted by Gasteiger charge is 2.35. The van der Waals surface area contributed by atoms with E-state index in [1.54, 1.807) is 29.9 Å². The molecule has 2 N–H and O–H groups in total. The predicted octanol–water partition coefficient (Wildman–Crippen LogP) is 1.79. The van der Waals surface area contributed by atoms with Crippen LogP contribution in [0, 0.1) is 11.7 Å². The summed E-state index contributed by atoms with van der Waals surface area (Å²) in [5.41, 5.74) is 1.55. The van der Waals surface area contributed by atoms with Gasteiger partial charge in [-0.25, -0.2) is 4.39 Å². The molecule has 0 aliphatic carbocycles. The Labute approximate surface area is 161 Å². The zero-order chi connectivity index (χ0) is 19.7. The molecule has 146 valence electrons. The molecule has 9 heteroatoms. The number of amides is 1. The SMILES string of the molecule is CC(NC(=O)[C@H]1CNC[C@@H]1c1cnn(C)c1)c1nc(-c2cccc(F)c2)no1. The van der Waals surface area contributed by atoms with E-state index in [2.05, 4.69) is 25.9 Å². The van der Waals surface area contributed by atoms with Crippen LogP contribution in [0.15, 0.2) is 41.2 Å². The first-order valence-electron chi connectivity index (χ1n) is 9.10. The van der Waals surface area contributed by atoms with Crippen LogP contribution in [0.1, 0.15) is 30.3 Å². The third kappa shape index (κ3) is 3.65. The van der Waals surface area contributed by atoms with Crippen molar-refractivity contribution in [2.24, 2.45) is 13.0 Å². The molecule has 3 atom stereocenters. The molecule has 1 unspecified atom stereocenters. The number of benzene rings is 1. The summed E-state index contributed by atoms with van der Waals surface area (Å²) in [7, 11) is 1.86. The second-order valence-electron chi connectivity index (χ2n) is 7.02. The Balaban J connectivity index is 1.44. The van der Waals surface area contributed by atoms with E-state index >= 15 is 0 Å². The minimum absolute atomic E-state index is 0.0615. The molecule has 1 saturated heterocycles. The molecule has 1 aliphatic heterocycles. The van der Waals surface area contributed by atoms with Crippen molar-refractivity contribution in [1.82, 2.24) is 30.6 Å². The van der Waals surface area contributed by atoms with Crippen LogP contribution in [0.3, 0.4) is 0 Å². The van der Waals surface area contributed by atoms with E-state index in [9.17, 15) is 9.18 Å². The molecule has 2 aromatic heterocycles. The lowest BCUT2D eigenvalue weighted by Gasteiger charge is -2.18. The molecule has 8 nitrogen and oxygen atoms in total. The smallest absolute Gasteiger partial charge is 0.249 e. The van der Waals surface area contributed by atoms with Gasteiger partial charge in [0.05, 0.1) is 12.1 Å². The quantitative estimate of drug-likeness (QED) is 0.696. The highest BCUT2D eigenvalue weighted by atomic mass is 19.1. The number of aryl methyl sites for hydroxylation is 1. The lowest BCUT2D eigenvalue weighted by Crippen LogP contribution is -2.36. The summed E-state index contributed by atoms with van der Waals surface area (Å²) in [6.45, 7) is 3.10. The minimum atomic E-state index is -0.461. The summed E-state index contributed by atoms with van der Waals surface area (Å²) in [6, 6.07) is 5.50. The van der Waals surface area contributed by atoms with Gasteiger partial charge in [-0.05, 0) is 24.6 Å². The fraction of sp³-hybridized carbons (Fsp3) is 0.368. The second kappa shape index (κ2) is 7.51. The molecule has 28 heavy (non-hydrogen) atoms. The van der Waals surface area contributed by atoms with E-state index in [0.717, 1.165) is 12.1 Å². The van der Waals surface area contributed by atoms with Gasteiger partial charge in [-0.2, -0.15) is 10.1 Å². The average molecular weight is 384 g/mol. The summed E-state index contributed by atoms with van der Waals surface area (Å²) in [5.74, 6) is -0.0520. The Morgan fingerprint density at radius 3 is 3.04 bits per heavy atom. The van der Waals surface area contributed by atoms with E-state index in [4.69, 9.17) is 4.52 Å². The van der Waals surface area contributed by atoms with Gasteiger partial charge in [0.1, 0.15) is 11.9 Å². The zero-order valence-electron chi connectivity index (χ0n) is 15.6. The van der Waals surface area contributed by atoms with Gasteiger partial charge in [0.2, 0.25) is 17.6 Å². The van der Waals surface area contributed by atoms with Crippen molar-refractivity contribution >= 4 is 5.91 Å². The first-order valence-corrected chi connectivity index (χ1v) is 9.10. The molecule has 1 aliphatic rings. The summed E-state index contributed by atoms with van der Waals surface area (Å²) >= 11 is 0. The maximum atomic E-state index is 13.4. The van der Waals surface area contributed by atoms with Crippen molar-refractivity contribution in [1.29, 1.82) is 0 Å². The maximum Gasteiger partial charge on any atom is 0.249 e. The van der Waals surface area contributed by atoms with E-state index in [1.165, 1.54) is 12.1 Å². The van der Waals surface area contributed by atoms with Crippen LogP contribution in [0.2, 0.25) is 0 Å². The van der Waals surface area contributed by atoms with Crippen LogP contribution in [0.4, 0.5) is 4.39 Å². The fourth-order valence-corrected chi connectivity index (χ4v) is 3.47. The Hall–Kier alpha value is -3.07. The summed E-state index contributed by atoms with van der Waals surface area (Å²) in [4.78, 5) is 17.1. The molecule has 0 bridgehead atoms. The Morgan fingerprint density at radius 2 is 2.29 bits per heavy atom. The number of carbonyl (C=O) groups is 1. The molecule has 3 aromatic rings. The van der Waals surface area contributed by atoms with E-state index < -0.39 is 6.04 Å². The highest BCUT2D eigenvalue weighted by molar-refractivity contribution is 5.80. The first-order chi connectivity index (χ1) is 13.5. The van der Waals surface area contributed by atoms with Crippen molar-refractivity contribution in [3.05, 3.63) is 53.9 Å². The normalized spacial score (nSPS) is 20.2. The second-order valence-corrected chi connectivity index (χ2v) is 7.02. The largest absolute Gasteiger partial charge is 0.344 e. The van der Waals surface area contributed by atoms with Gasteiger partial charge >= 0.3 is 0 Å². The van der Waals surface area contributed by atoms with E-state index in [1.807, 2.05) is 13.2 Å². The Morgan fingerprint density at radius 1 is 1.43 bits per heavy atom. The lowest BCUT2D eigenvalue weighted by molar-refractivity contribution is -0.125. The van der Waals surface area contributed by atoms with Gasteiger partial charge in [-0.15, -0.1) is 0 Å². The number of hydrogen-bond acceptors (Lipinski definition) is 6. The van der Waals surface area contributed by atoms with Crippen LogP contribution in [0.5, 0.6) is 0 Å². The van der Waals surface area contributed by atoms with Gasteiger partial charge in [-0.1, -0.05) is 17.3 Å². The van der Waals surface area contributed by atoms with Crippen LogP contribution in [0.25, 0.3) is 11.4 Å². The molecule has 4 rings (SSSR count). The number of rotatable bonds is 5. The van der Waals surface area contributed by atoms with Crippen molar-refractivity contribution in [3.8, 4) is 11.4 Å². The monoisotopic (exact) mass is 384 g/mol. The number of nitrogens with zero attached hydrogens (tertiary/aromatic N) is 4. The first kappa shape index (κ1) is 18.3. The topological polar surface area (TPSA) is 97.9 Å². The molecule has 0 spiro atoms. The molecule has 0 saturated carbocycles. The van der Waals surface area contributed by atoms with Gasteiger partial charge in [-0.3, -0.25) is 9.48 Å². The highest BCUT2D eigenvalue weighted by Crippen LogP contribution is 2.28. The predicted molar refractivity (Wildman–Crippen MR) is 98.6 cm³/mol. The average Bonchev–Trinajstić information content (AvgIpc) is 3.41. The standard InChI is InChI=1S/C19H21FN6O2/c1-11(19-24-17(25-28-19)12-4-3-5-14(20)6-12)23-18(27)16-9-21-8-15(16)13-7-22-26(2)10-13/h3-7,10-11,15-16,21H,8-9H2,1-2H3,(H,23,27)/t11?,15-,16+/m1/s1. The number of halogens is 1. The number of aromatic nitrogens is 4. The van der Waals surface area contributed by atoms with Crippen LogP contribution in [-0.4, -0.2) is 38.9 Å². The van der Waals surface area contributed by atoms with Gasteiger partial charge in [0.25, 0.3) is 0 Å². The summed E-state index contributed by atoms with van der Waals surface area (Å²) in [5, 5.41) is 14.3. The summed E-state index contributed by atoms with van der Waals surface area (Å²) < 4.78 is 20.4. The van der Waals surface area contributed by atoms with Crippen molar-refractivity contribution in [2.45, 2.75) is 18.9 Å². The number of carbonyl (C=O) groups excluding carboxylic acids is 1. The maximum absolute atomic E-state index is 13.4. The van der Waals surface area contributed by atoms with Gasteiger partial charge in [0, 0.05) is 37.8 Å². The van der Waals surface area contributed by atoms with Crippen LogP contribution >= 0.6 is 0 Å². The molecule has 1 amide bonds. The van der Waals surface area contributed by atoms with E-state index in [-0.39, 0.29) is 35.3 Å². The van der Waals surface area contributed by atoms with Crippen molar-refractivity contribution < 1.29 is 13.7 Å².